The molecule has 0 radical (unpaired) electrons. The molecular weight excluding hydrogens is 244 g/mol. The Labute approximate surface area is 94.5 Å². The average molecular weight is 263 g/mol. The zero-order chi connectivity index (χ0) is 11.0. The van der Waals surface area contributed by atoms with Crippen LogP contribution in [-0.2, 0) is 4.79 Å². The summed E-state index contributed by atoms with van der Waals surface area (Å²) in [6, 6.07) is 0. The normalized spacial score (nSPS) is 16.1. The van der Waals surface area contributed by atoms with Crippen molar-refractivity contribution < 1.29 is 4.79 Å². The van der Waals surface area contributed by atoms with Crippen molar-refractivity contribution in [1.29, 1.82) is 0 Å². The maximum Gasteiger partial charge on any atom is 0.147 e. The monoisotopic (exact) mass is 262 g/mol. The summed E-state index contributed by atoms with van der Waals surface area (Å²) in [6.45, 7) is 4.81. The van der Waals surface area contributed by atoms with Gasteiger partial charge in [0.05, 0.1) is 6.67 Å². The van der Waals surface area contributed by atoms with Gasteiger partial charge in [-0.1, -0.05) is 29.8 Å². The van der Waals surface area contributed by atoms with Crippen LogP contribution in [0.15, 0.2) is 11.8 Å². The van der Waals surface area contributed by atoms with Gasteiger partial charge in [0.2, 0.25) is 0 Å². The Morgan fingerprint density at radius 1 is 1.50 bits per heavy atom. The minimum absolute atomic E-state index is 0.284. The molecule has 3 nitrogen and oxygen atoms in total. The Morgan fingerprint density at radius 2 is 2.14 bits per heavy atom. The first-order valence-electron chi connectivity index (χ1n) is 4.79. The molecule has 82 valence electrons. The number of hydrogen-bond donors (Lipinski definition) is 2. The number of nitrogens with one attached hydrogen (secondary N) is 2. The maximum atomic E-state index is 10.8. The fraction of sp³-hybridized carbons (Fsp3) is 0.700. The summed E-state index contributed by atoms with van der Waals surface area (Å²) in [5.74, 6) is 0.284. The van der Waals surface area contributed by atoms with Crippen molar-refractivity contribution in [3.05, 3.63) is 11.8 Å². The van der Waals surface area contributed by atoms with Crippen LogP contribution in [0.3, 0.4) is 0 Å². The van der Waals surface area contributed by atoms with Gasteiger partial charge in [-0.05, 0) is 19.4 Å². The highest BCUT2D eigenvalue weighted by atomic mass is 79.9. The molecule has 0 spiro atoms. The van der Waals surface area contributed by atoms with E-state index < -0.39 is 0 Å². The highest BCUT2D eigenvalue weighted by Gasteiger charge is 2.10. The van der Waals surface area contributed by atoms with Gasteiger partial charge in [0.15, 0.2) is 0 Å². The van der Waals surface area contributed by atoms with Crippen LogP contribution in [0.5, 0.6) is 0 Å². The Balaban J connectivity index is 4.10. The maximum absolute atomic E-state index is 10.8. The van der Waals surface area contributed by atoms with Gasteiger partial charge in [0.1, 0.15) is 6.29 Å². The molecule has 0 aromatic heterocycles. The lowest BCUT2D eigenvalue weighted by atomic mass is 9.98. The first kappa shape index (κ1) is 13.7. The average Bonchev–Trinajstić information content (AvgIpc) is 2.11. The summed E-state index contributed by atoms with van der Waals surface area (Å²) in [7, 11) is 1.85. The van der Waals surface area contributed by atoms with Gasteiger partial charge < -0.3 is 10.6 Å². The predicted octanol–water partition coefficient (Wildman–Crippen LogP) is 1.65. The van der Waals surface area contributed by atoms with Crippen molar-refractivity contribution in [2.75, 3.05) is 13.7 Å². The molecule has 0 amide bonds. The van der Waals surface area contributed by atoms with Crippen LogP contribution in [0, 0.1) is 5.92 Å². The molecular formula is C10H19BrN2O. The lowest BCUT2D eigenvalue weighted by Crippen LogP contribution is -2.22. The number of halogens is 1. The van der Waals surface area contributed by atoms with Gasteiger partial charge in [0.25, 0.3) is 0 Å². The lowest BCUT2D eigenvalue weighted by molar-refractivity contribution is -0.105. The number of allylic oxidation sites excluding steroid dienone is 1. The quantitative estimate of drug-likeness (QED) is 0.241. The molecule has 0 saturated heterocycles. The van der Waals surface area contributed by atoms with E-state index in [1.807, 2.05) is 7.05 Å². The summed E-state index contributed by atoms with van der Waals surface area (Å²) < 4.78 is 0. The van der Waals surface area contributed by atoms with Crippen LogP contribution in [0.4, 0.5) is 0 Å². The second-order valence-corrected chi connectivity index (χ2v) is 4.98. The molecule has 0 aromatic carbocycles. The second-order valence-electron chi connectivity index (χ2n) is 3.41. The first-order chi connectivity index (χ1) is 6.61. The molecule has 2 N–H and O–H groups in total. The molecule has 2 atom stereocenters. The van der Waals surface area contributed by atoms with Gasteiger partial charge in [-0.15, -0.1) is 0 Å². The van der Waals surface area contributed by atoms with Crippen LogP contribution in [-0.4, -0.2) is 24.8 Å². The third kappa shape index (κ3) is 6.16. The van der Waals surface area contributed by atoms with E-state index in [9.17, 15) is 4.79 Å². The SMILES string of the molecule is CNCN/C=C(/C=O)C(C)CC(C)Br. The van der Waals surface area contributed by atoms with Gasteiger partial charge >= 0.3 is 0 Å². The van der Waals surface area contributed by atoms with Crippen molar-refractivity contribution in [3.63, 3.8) is 0 Å². The number of carbonyl (C=O) groups excluding carboxylic acids is 1. The summed E-state index contributed by atoms with van der Waals surface area (Å²) in [5, 5.41) is 5.97. The molecule has 0 rings (SSSR count). The Bertz CT molecular complexity index is 193. The molecule has 0 aromatic rings. The molecule has 4 heteroatoms. The minimum Gasteiger partial charge on any atom is -0.378 e. The van der Waals surface area contributed by atoms with Gasteiger partial charge in [-0.25, -0.2) is 0 Å². The molecule has 2 unspecified atom stereocenters. The van der Waals surface area contributed by atoms with Gasteiger partial charge in [-0.2, -0.15) is 0 Å². The highest BCUT2D eigenvalue weighted by molar-refractivity contribution is 9.09. The third-order valence-electron chi connectivity index (χ3n) is 1.93. The number of hydrogen-bond acceptors (Lipinski definition) is 3. The molecule has 0 aliphatic carbocycles. The number of alkyl halides is 1. The van der Waals surface area contributed by atoms with E-state index in [4.69, 9.17) is 0 Å². The lowest BCUT2D eigenvalue weighted by Gasteiger charge is -2.13. The largest absolute Gasteiger partial charge is 0.378 e. The van der Waals surface area contributed by atoms with Crippen molar-refractivity contribution in [2.45, 2.75) is 25.1 Å². The molecule has 0 saturated carbocycles. The zero-order valence-corrected chi connectivity index (χ0v) is 10.6. The van der Waals surface area contributed by atoms with Crippen molar-refractivity contribution >= 4 is 22.2 Å². The molecule has 0 bridgehead atoms. The van der Waals surface area contributed by atoms with Crippen molar-refractivity contribution in [1.82, 2.24) is 10.6 Å². The fourth-order valence-corrected chi connectivity index (χ4v) is 1.75. The molecule has 0 fully saturated rings. The standard InChI is InChI=1S/C10H19BrN2O/c1-8(4-9(2)11)10(6-14)5-13-7-12-3/h5-6,8-9,12-13H,4,7H2,1-3H3/b10-5-. The summed E-state index contributed by atoms with van der Waals surface area (Å²) in [5.41, 5.74) is 0.812. The molecule has 0 heterocycles. The molecule has 0 aliphatic heterocycles. The van der Waals surface area contributed by atoms with Gasteiger partial charge in [-0.3, -0.25) is 4.79 Å². The van der Waals surface area contributed by atoms with Crippen molar-refractivity contribution in [3.8, 4) is 0 Å². The Kier molecular flexibility index (Phi) is 7.80. The van der Waals surface area contributed by atoms with E-state index in [-0.39, 0.29) is 5.92 Å². The van der Waals surface area contributed by atoms with Crippen LogP contribution in [0.1, 0.15) is 20.3 Å². The van der Waals surface area contributed by atoms with E-state index in [0.717, 1.165) is 18.3 Å². The molecule has 0 aliphatic rings. The first-order valence-corrected chi connectivity index (χ1v) is 5.70. The van der Waals surface area contributed by atoms with Crippen LogP contribution >= 0.6 is 15.9 Å². The van der Waals surface area contributed by atoms with E-state index in [1.54, 1.807) is 6.20 Å². The van der Waals surface area contributed by atoms with E-state index in [0.29, 0.717) is 11.5 Å². The smallest absolute Gasteiger partial charge is 0.147 e. The predicted molar refractivity (Wildman–Crippen MR) is 63.4 cm³/mol. The minimum atomic E-state index is 0.284. The highest BCUT2D eigenvalue weighted by Crippen LogP contribution is 2.18. The summed E-state index contributed by atoms with van der Waals surface area (Å²) in [4.78, 5) is 11.2. The van der Waals surface area contributed by atoms with Crippen molar-refractivity contribution in [2.24, 2.45) is 5.92 Å². The molecule has 14 heavy (non-hydrogen) atoms. The van der Waals surface area contributed by atoms with Crippen LogP contribution in [0.25, 0.3) is 0 Å². The Hall–Kier alpha value is -0.350. The summed E-state index contributed by atoms with van der Waals surface area (Å²) in [6.07, 6.45) is 3.66. The van der Waals surface area contributed by atoms with E-state index >= 15 is 0 Å². The second kappa shape index (κ2) is 8.00. The van der Waals surface area contributed by atoms with Crippen LogP contribution < -0.4 is 10.6 Å². The zero-order valence-electron chi connectivity index (χ0n) is 9.01. The fourth-order valence-electron chi connectivity index (χ4n) is 1.19. The number of carbonyl (C=O) groups is 1. The number of rotatable bonds is 7. The summed E-state index contributed by atoms with van der Waals surface area (Å²) >= 11 is 3.48. The van der Waals surface area contributed by atoms with Crippen LogP contribution in [0.2, 0.25) is 0 Å². The Morgan fingerprint density at radius 3 is 2.57 bits per heavy atom. The number of aldehydes is 1. The van der Waals surface area contributed by atoms with E-state index in [2.05, 4.69) is 40.4 Å². The van der Waals surface area contributed by atoms with E-state index in [1.165, 1.54) is 0 Å². The van der Waals surface area contributed by atoms with Gasteiger partial charge in [0, 0.05) is 16.6 Å². The third-order valence-corrected chi connectivity index (χ3v) is 2.30. The topological polar surface area (TPSA) is 41.1 Å².